The highest BCUT2D eigenvalue weighted by Gasteiger charge is 2.23. The number of ether oxygens (including phenoxy) is 2. The number of nitrogens with one attached hydrogen (secondary N) is 1. The summed E-state index contributed by atoms with van der Waals surface area (Å²) < 4.78 is 23.8. The molecule has 2 aromatic carbocycles. The molecule has 1 N–H and O–H groups in total. The van der Waals surface area contributed by atoms with Gasteiger partial charge in [0.2, 0.25) is 0 Å². The van der Waals surface area contributed by atoms with Crippen LogP contribution in [-0.2, 0) is 4.74 Å². The van der Waals surface area contributed by atoms with Crippen LogP contribution in [0.15, 0.2) is 48.5 Å². The van der Waals surface area contributed by atoms with Crippen molar-refractivity contribution in [2.24, 2.45) is 0 Å². The summed E-state index contributed by atoms with van der Waals surface area (Å²) >= 11 is 0. The fraction of sp³-hybridized carbons (Fsp3) is 0.350. The van der Waals surface area contributed by atoms with Crippen molar-refractivity contribution < 1.29 is 18.7 Å². The van der Waals surface area contributed by atoms with Crippen LogP contribution in [-0.4, -0.2) is 50.8 Å². The Balaban J connectivity index is 1.70. The van der Waals surface area contributed by atoms with E-state index in [4.69, 9.17) is 9.47 Å². The molecule has 0 spiro atoms. The molecule has 1 unspecified atom stereocenters. The van der Waals surface area contributed by atoms with E-state index in [2.05, 4.69) is 10.2 Å². The standard InChI is InChI=1S/C20H23FN2O3/c1-25-18-8-4-16(5-9-18)20(24)22-14-19(23-10-12-26-13-11-23)15-2-6-17(21)7-3-15/h2-9,19H,10-14H2,1H3,(H,22,24). The number of carbonyl (C=O) groups excluding carboxylic acids is 1. The molecule has 1 saturated heterocycles. The van der Waals surface area contributed by atoms with Crippen LogP contribution < -0.4 is 10.1 Å². The van der Waals surface area contributed by atoms with Crippen LogP contribution in [0, 0.1) is 5.82 Å². The summed E-state index contributed by atoms with van der Waals surface area (Å²) in [5.74, 6) is 0.295. The third-order valence-electron chi connectivity index (χ3n) is 4.55. The molecule has 1 aliphatic heterocycles. The van der Waals surface area contributed by atoms with Crippen molar-refractivity contribution in [1.82, 2.24) is 10.2 Å². The van der Waals surface area contributed by atoms with E-state index in [1.165, 1.54) is 12.1 Å². The second-order valence-corrected chi connectivity index (χ2v) is 6.15. The lowest BCUT2D eigenvalue weighted by Crippen LogP contribution is -2.43. The van der Waals surface area contributed by atoms with Gasteiger partial charge in [-0.25, -0.2) is 4.39 Å². The molecular formula is C20H23FN2O3. The van der Waals surface area contributed by atoms with Crippen molar-refractivity contribution in [1.29, 1.82) is 0 Å². The van der Waals surface area contributed by atoms with E-state index in [0.29, 0.717) is 31.1 Å². The highest BCUT2D eigenvalue weighted by molar-refractivity contribution is 5.94. The van der Waals surface area contributed by atoms with Gasteiger partial charge >= 0.3 is 0 Å². The number of rotatable bonds is 6. The summed E-state index contributed by atoms with van der Waals surface area (Å²) in [6, 6.07) is 13.4. The number of hydrogen-bond donors (Lipinski definition) is 1. The minimum absolute atomic E-state index is 0.0262. The summed E-state index contributed by atoms with van der Waals surface area (Å²) in [5.41, 5.74) is 1.55. The molecule has 1 atom stereocenters. The van der Waals surface area contributed by atoms with Crippen LogP contribution in [0.25, 0.3) is 0 Å². The Kier molecular flexibility index (Phi) is 6.20. The minimum atomic E-state index is -0.267. The maximum Gasteiger partial charge on any atom is 0.251 e. The van der Waals surface area contributed by atoms with E-state index < -0.39 is 0 Å². The zero-order valence-electron chi connectivity index (χ0n) is 14.8. The number of hydrogen-bond acceptors (Lipinski definition) is 4. The molecule has 26 heavy (non-hydrogen) atoms. The number of amides is 1. The Labute approximate surface area is 152 Å². The zero-order valence-corrected chi connectivity index (χ0v) is 14.8. The lowest BCUT2D eigenvalue weighted by atomic mass is 10.0. The van der Waals surface area contributed by atoms with E-state index >= 15 is 0 Å². The van der Waals surface area contributed by atoms with Gasteiger partial charge in [-0.15, -0.1) is 0 Å². The van der Waals surface area contributed by atoms with Gasteiger partial charge in [0.1, 0.15) is 11.6 Å². The summed E-state index contributed by atoms with van der Waals surface area (Å²) in [4.78, 5) is 14.7. The van der Waals surface area contributed by atoms with Gasteiger partial charge in [0, 0.05) is 25.2 Å². The monoisotopic (exact) mass is 358 g/mol. The molecular weight excluding hydrogens is 335 g/mol. The lowest BCUT2D eigenvalue weighted by molar-refractivity contribution is 0.0162. The highest BCUT2D eigenvalue weighted by Crippen LogP contribution is 2.22. The lowest BCUT2D eigenvalue weighted by Gasteiger charge is -2.35. The first kappa shape index (κ1) is 18.4. The molecule has 0 aliphatic carbocycles. The molecule has 1 amide bonds. The minimum Gasteiger partial charge on any atom is -0.497 e. The zero-order chi connectivity index (χ0) is 18.4. The Bertz CT molecular complexity index is 713. The second kappa shape index (κ2) is 8.78. The molecule has 138 valence electrons. The Morgan fingerprint density at radius 3 is 2.42 bits per heavy atom. The topological polar surface area (TPSA) is 50.8 Å². The number of carbonyl (C=O) groups is 1. The SMILES string of the molecule is COc1ccc(C(=O)NCC(c2ccc(F)cc2)N2CCOCC2)cc1. The predicted octanol–water partition coefficient (Wildman–Crippen LogP) is 2.64. The maximum absolute atomic E-state index is 13.3. The summed E-state index contributed by atoms with van der Waals surface area (Å²) in [5, 5.41) is 2.99. The molecule has 1 aliphatic rings. The first-order valence-corrected chi connectivity index (χ1v) is 8.67. The highest BCUT2D eigenvalue weighted by atomic mass is 19.1. The van der Waals surface area contributed by atoms with Crippen LogP contribution in [0.3, 0.4) is 0 Å². The molecule has 0 aromatic heterocycles. The largest absolute Gasteiger partial charge is 0.497 e. The summed E-state index contributed by atoms with van der Waals surface area (Å²) in [6.07, 6.45) is 0. The normalized spacial score (nSPS) is 16.1. The molecule has 2 aromatic rings. The average molecular weight is 358 g/mol. The van der Waals surface area contributed by atoms with Crippen LogP contribution in [0.5, 0.6) is 5.75 Å². The number of benzene rings is 2. The molecule has 1 fully saturated rings. The molecule has 6 heteroatoms. The van der Waals surface area contributed by atoms with Crippen molar-refractivity contribution in [2.75, 3.05) is 40.0 Å². The Morgan fingerprint density at radius 1 is 1.15 bits per heavy atom. The Hall–Kier alpha value is -2.44. The van der Waals surface area contributed by atoms with Gasteiger partial charge in [0.05, 0.1) is 26.4 Å². The van der Waals surface area contributed by atoms with Crippen LogP contribution in [0.2, 0.25) is 0 Å². The first-order valence-electron chi connectivity index (χ1n) is 8.67. The average Bonchev–Trinajstić information content (AvgIpc) is 2.70. The van der Waals surface area contributed by atoms with Crippen LogP contribution >= 0.6 is 0 Å². The molecule has 3 rings (SSSR count). The van der Waals surface area contributed by atoms with E-state index in [1.807, 2.05) is 0 Å². The third-order valence-corrected chi connectivity index (χ3v) is 4.55. The van der Waals surface area contributed by atoms with Gasteiger partial charge in [-0.05, 0) is 42.0 Å². The first-order chi connectivity index (χ1) is 12.7. The Morgan fingerprint density at radius 2 is 1.81 bits per heavy atom. The summed E-state index contributed by atoms with van der Waals surface area (Å²) in [6.45, 7) is 3.31. The third kappa shape index (κ3) is 4.59. The molecule has 0 bridgehead atoms. The van der Waals surface area contributed by atoms with Crippen LogP contribution in [0.1, 0.15) is 22.0 Å². The number of halogens is 1. The van der Waals surface area contributed by atoms with Crippen molar-refractivity contribution in [3.05, 3.63) is 65.5 Å². The van der Waals surface area contributed by atoms with E-state index in [1.54, 1.807) is 43.5 Å². The van der Waals surface area contributed by atoms with Gasteiger partial charge in [0.15, 0.2) is 0 Å². The van der Waals surface area contributed by atoms with Crippen molar-refractivity contribution in [3.63, 3.8) is 0 Å². The van der Waals surface area contributed by atoms with E-state index in [-0.39, 0.29) is 17.8 Å². The molecule has 1 heterocycles. The maximum atomic E-state index is 13.3. The van der Waals surface area contributed by atoms with Gasteiger partial charge < -0.3 is 14.8 Å². The fourth-order valence-corrected chi connectivity index (χ4v) is 3.07. The van der Waals surface area contributed by atoms with E-state index in [0.717, 1.165) is 18.7 Å². The fourth-order valence-electron chi connectivity index (χ4n) is 3.07. The number of morpholine rings is 1. The quantitative estimate of drug-likeness (QED) is 0.863. The smallest absolute Gasteiger partial charge is 0.251 e. The van der Waals surface area contributed by atoms with Gasteiger partial charge in [-0.1, -0.05) is 12.1 Å². The predicted molar refractivity (Wildman–Crippen MR) is 96.9 cm³/mol. The number of nitrogens with zero attached hydrogens (tertiary/aromatic N) is 1. The van der Waals surface area contributed by atoms with Crippen molar-refractivity contribution in [3.8, 4) is 5.75 Å². The van der Waals surface area contributed by atoms with Crippen molar-refractivity contribution >= 4 is 5.91 Å². The van der Waals surface area contributed by atoms with E-state index in [9.17, 15) is 9.18 Å². The van der Waals surface area contributed by atoms with Gasteiger partial charge in [-0.2, -0.15) is 0 Å². The van der Waals surface area contributed by atoms with Crippen molar-refractivity contribution in [2.45, 2.75) is 6.04 Å². The van der Waals surface area contributed by atoms with Crippen LogP contribution in [0.4, 0.5) is 4.39 Å². The molecule has 5 nitrogen and oxygen atoms in total. The van der Waals surface area contributed by atoms with Gasteiger partial charge in [0.25, 0.3) is 5.91 Å². The second-order valence-electron chi connectivity index (χ2n) is 6.15. The molecule has 0 radical (unpaired) electrons. The van der Waals surface area contributed by atoms with Gasteiger partial charge in [-0.3, -0.25) is 9.69 Å². The summed E-state index contributed by atoms with van der Waals surface area (Å²) in [7, 11) is 1.59. The number of methoxy groups -OCH3 is 1. The molecule has 0 saturated carbocycles.